The van der Waals surface area contributed by atoms with Gasteiger partial charge in [-0.15, -0.1) is 0 Å². The van der Waals surface area contributed by atoms with Crippen molar-refractivity contribution in [3.63, 3.8) is 0 Å². The van der Waals surface area contributed by atoms with E-state index in [1.165, 1.54) is 0 Å². The van der Waals surface area contributed by atoms with Crippen LogP contribution in [0.4, 0.5) is 0 Å². The zero-order valence-corrected chi connectivity index (χ0v) is 20.4. The maximum Gasteiger partial charge on any atom is 0.308 e. The lowest BCUT2D eigenvalue weighted by Gasteiger charge is -2.30. The van der Waals surface area contributed by atoms with Crippen molar-refractivity contribution >= 4 is 11.9 Å². The SMILES string of the molecule is CC[C@@H](C)[C@H](C[C@@H](O)CC(=O)O[C@@H](C[C@H](O)CC(=O)O)[C@@H](C)CC)O[C@@H]1O[C@H](CO)[C@H](O)[C@H]1O. The van der Waals surface area contributed by atoms with Gasteiger partial charge in [-0.1, -0.05) is 40.5 Å². The van der Waals surface area contributed by atoms with E-state index < -0.39 is 74.0 Å². The predicted octanol–water partition coefficient (Wildman–Crippen LogP) is 0.181. The Kier molecular flexibility index (Phi) is 13.5. The molecule has 0 amide bonds. The van der Waals surface area contributed by atoms with E-state index in [-0.39, 0.29) is 31.1 Å². The fourth-order valence-corrected chi connectivity index (χ4v) is 3.81. The highest BCUT2D eigenvalue weighted by Gasteiger charge is 2.44. The van der Waals surface area contributed by atoms with Gasteiger partial charge in [0.1, 0.15) is 24.4 Å². The average Bonchev–Trinajstić information content (AvgIpc) is 3.04. The van der Waals surface area contributed by atoms with Crippen molar-refractivity contribution < 1.29 is 54.4 Å². The second kappa shape index (κ2) is 14.9. The highest BCUT2D eigenvalue weighted by Crippen LogP contribution is 2.28. The van der Waals surface area contributed by atoms with E-state index in [1.807, 2.05) is 27.7 Å². The number of carboxylic acids is 1. The van der Waals surface area contributed by atoms with E-state index in [2.05, 4.69) is 0 Å². The summed E-state index contributed by atoms with van der Waals surface area (Å²) in [6.07, 6.45) is -7.89. The molecule has 10 atom stereocenters. The molecule has 1 aliphatic rings. The number of hydrogen-bond donors (Lipinski definition) is 6. The summed E-state index contributed by atoms with van der Waals surface area (Å²) in [6, 6.07) is 0. The van der Waals surface area contributed by atoms with Crippen LogP contribution in [0.2, 0.25) is 0 Å². The standard InChI is InChI=1S/C23H42O11/c1-5-12(3)16(7-14(25)9-19(27)28)32-20(29)10-15(26)8-17(13(4)6-2)33-23-22(31)21(30)18(11-24)34-23/h12-18,21-26,30-31H,5-11H2,1-4H3,(H,27,28)/t12-,13+,14-,15+,16-,17-,18+,21-,22+,23+/m0/s1. The third-order valence-electron chi connectivity index (χ3n) is 6.47. The lowest BCUT2D eigenvalue weighted by molar-refractivity contribution is -0.208. The lowest BCUT2D eigenvalue weighted by atomic mass is 9.94. The van der Waals surface area contributed by atoms with Crippen molar-refractivity contribution in [3.05, 3.63) is 0 Å². The molecule has 11 nitrogen and oxygen atoms in total. The van der Waals surface area contributed by atoms with Gasteiger partial charge >= 0.3 is 11.9 Å². The second-order valence-electron chi connectivity index (χ2n) is 9.26. The van der Waals surface area contributed by atoms with Gasteiger partial charge < -0.3 is 44.8 Å². The number of esters is 1. The van der Waals surface area contributed by atoms with Crippen LogP contribution in [-0.2, 0) is 23.8 Å². The monoisotopic (exact) mass is 494 g/mol. The fourth-order valence-electron chi connectivity index (χ4n) is 3.81. The van der Waals surface area contributed by atoms with Gasteiger partial charge in [0.2, 0.25) is 0 Å². The van der Waals surface area contributed by atoms with E-state index in [1.54, 1.807) is 0 Å². The molecule has 0 aromatic heterocycles. The van der Waals surface area contributed by atoms with Gasteiger partial charge in [-0.05, 0) is 11.8 Å². The lowest BCUT2D eigenvalue weighted by Crippen LogP contribution is -2.39. The van der Waals surface area contributed by atoms with Crippen LogP contribution < -0.4 is 0 Å². The Morgan fingerprint density at radius 1 is 0.912 bits per heavy atom. The van der Waals surface area contributed by atoms with Gasteiger partial charge in [0.15, 0.2) is 6.29 Å². The second-order valence-corrected chi connectivity index (χ2v) is 9.26. The predicted molar refractivity (Wildman–Crippen MR) is 120 cm³/mol. The van der Waals surface area contributed by atoms with Crippen LogP contribution in [0, 0.1) is 11.8 Å². The van der Waals surface area contributed by atoms with Crippen LogP contribution in [0.15, 0.2) is 0 Å². The summed E-state index contributed by atoms with van der Waals surface area (Å²) in [4.78, 5) is 23.3. The van der Waals surface area contributed by atoms with Gasteiger partial charge in [0.25, 0.3) is 0 Å². The van der Waals surface area contributed by atoms with Crippen molar-refractivity contribution in [2.24, 2.45) is 11.8 Å². The van der Waals surface area contributed by atoms with Gasteiger partial charge in [0, 0.05) is 12.8 Å². The van der Waals surface area contributed by atoms with Crippen molar-refractivity contribution in [1.82, 2.24) is 0 Å². The van der Waals surface area contributed by atoms with Crippen molar-refractivity contribution in [3.8, 4) is 0 Å². The Balaban J connectivity index is 2.71. The maximum atomic E-state index is 12.5. The quantitative estimate of drug-likeness (QED) is 0.161. The molecular weight excluding hydrogens is 452 g/mol. The number of carboxylic acid groups (broad SMARTS) is 1. The number of aliphatic hydroxyl groups excluding tert-OH is 5. The molecule has 0 aliphatic carbocycles. The first kappa shape index (κ1) is 30.7. The summed E-state index contributed by atoms with van der Waals surface area (Å²) in [5.74, 6) is -2.03. The number of carbonyl (C=O) groups is 2. The van der Waals surface area contributed by atoms with Crippen LogP contribution in [0.3, 0.4) is 0 Å². The first-order valence-electron chi connectivity index (χ1n) is 12.0. The molecular formula is C23H42O11. The summed E-state index contributed by atoms with van der Waals surface area (Å²) >= 11 is 0. The fraction of sp³-hybridized carbons (Fsp3) is 0.913. The molecule has 0 saturated carbocycles. The van der Waals surface area contributed by atoms with Gasteiger partial charge in [-0.3, -0.25) is 9.59 Å². The van der Waals surface area contributed by atoms with Crippen LogP contribution in [0.1, 0.15) is 66.2 Å². The van der Waals surface area contributed by atoms with Crippen molar-refractivity contribution in [1.29, 1.82) is 0 Å². The number of aliphatic hydroxyl groups is 5. The molecule has 6 N–H and O–H groups in total. The minimum Gasteiger partial charge on any atom is -0.481 e. The molecule has 0 aromatic carbocycles. The zero-order chi connectivity index (χ0) is 26.0. The van der Waals surface area contributed by atoms with Gasteiger partial charge in [-0.2, -0.15) is 0 Å². The van der Waals surface area contributed by atoms with Gasteiger partial charge in [0.05, 0.1) is 37.8 Å². The number of carbonyl (C=O) groups excluding carboxylic acids is 1. The Hall–Kier alpha value is -1.34. The molecule has 11 heteroatoms. The number of hydrogen-bond acceptors (Lipinski definition) is 10. The molecule has 1 rings (SSSR count). The van der Waals surface area contributed by atoms with Crippen LogP contribution >= 0.6 is 0 Å². The Bertz CT molecular complexity index is 616. The topological polar surface area (TPSA) is 183 Å². The van der Waals surface area contributed by atoms with E-state index in [4.69, 9.17) is 19.3 Å². The summed E-state index contributed by atoms with van der Waals surface area (Å²) < 4.78 is 16.7. The summed E-state index contributed by atoms with van der Waals surface area (Å²) in [6.45, 7) is 7.02. The van der Waals surface area contributed by atoms with Gasteiger partial charge in [-0.25, -0.2) is 0 Å². The molecule has 1 saturated heterocycles. The van der Waals surface area contributed by atoms with Crippen LogP contribution in [0.25, 0.3) is 0 Å². The molecule has 1 aliphatic heterocycles. The highest BCUT2D eigenvalue weighted by atomic mass is 16.7. The minimum absolute atomic E-state index is 0.0208. The molecule has 0 unspecified atom stereocenters. The van der Waals surface area contributed by atoms with E-state index in [9.17, 15) is 35.1 Å². The summed E-state index contributed by atoms with van der Waals surface area (Å²) in [7, 11) is 0. The summed E-state index contributed by atoms with van der Waals surface area (Å²) in [5, 5.41) is 58.6. The number of rotatable bonds is 16. The third kappa shape index (κ3) is 9.73. The normalized spacial score (nSPS) is 28.0. The average molecular weight is 495 g/mol. The van der Waals surface area contributed by atoms with E-state index in [0.717, 1.165) is 0 Å². The molecule has 0 bridgehead atoms. The van der Waals surface area contributed by atoms with Crippen LogP contribution in [0.5, 0.6) is 0 Å². The maximum absolute atomic E-state index is 12.5. The van der Waals surface area contributed by atoms with E-state index >= 15 is 0 Å². The zero-order valence-electron chi connectivity index (χ0n) is 20.4. The molecule has 34 heavy (non-hydrogen) atoms. The largest absolute Gasteiger partial charge is 0.481 e. The van der Waals surface area contributed by atoms with E-state index in [0.29, 0.717) is 12.8 Å². The number of aliphatic carboxylic acids is 1. The third-order valence-corrected chi connectivity index (χ3v) is 6.47. The molecule has 200 valence electrons. The molecule has 0 spiro atoms. The summed E-state index contributed by atoms with van der Waals surface area (Å²) in [5.41, 5.74) is 0. The first-order chi connectivity index (χ1) is 15.9. The van der Waals surface area contributed by atoms with Crippen molar-refractivity contribution in [2.45, 2.75) is 115 Å². The molecule has 1 fully saturated rings. The Morgan fingerprint density at radius 3 is 1.94 bits per heavy atom. The Morgan fingerprint density at radius 2 is 1.44 bits per heavy atom. The van der Waals surface area contributed by atoms with Crippen molar-refractivity contribution in [2.75, 3.05) is 6.61 Å². The van der Waals surface area contributed by atoms with Crippen LogP contribution in [-0.4, -0.2) is 98.2 Å². The molecule has 0 aromatic rings. The first-order valence-corrected chi connectivity index (χ1v) is 12.0. The Labute approximate surface area is 200 Å². The minimum atomic E-state index is -1.36. The molecule has 0 radical (unpaired) electrons. The number of ether oxygens (including phenoxy) is 3. The molecule has 1 heterocycles. The highest BCUT2D eigenvalue weighted by molar-refractivity contribution is 5.70. The smallest absolute Gasteiger partial charge is 0.308 e.